The SMILES string of the molecule is COCCc1ccc(Oc2nnccc2CN)cc1. The van der Waals surface area contributed by atoms with E-state index in [9.17, 15) is 0 Å². The number of nitrogens with zero attached hydrogens (tertiary/aromatic N) is 2. The smallest absolute Gasteiger partial charge is 0.243 e. The van der Waals surface area contributed by atoms with Gasteiger partial charge in [0.05, 0.1) is 12.8 Å². The molecule has 2 aromatic rings. The van der Waals surface area contributed by atoms with Crippen LogP contribution in [0.3, 0.4) is 0 Å². The van der Waals surface area contributed by atoms with E-state index in [-0.39, 0.29) is 0 Å². The number of hydrogen-bond acceptors (Lipinski definition) is 5. The van der Waals surface area contributed by atoms with Crippen molar-refractivity contribution in [2.75, 3.05) is 13.7 Å². The third-order valence-electron chi connectivity index (χ3n) is 2.72. The van der Waals surface area contributed by atoms with Gasteiger partial charge in [-0.1, -0.05) is 12.1 Å². The second-order valence-corrected chi connectivity index (χ2v) is 4.05. The maximum absolute atomic E-state index is 5.67. The first kappa shape index (κ1) is 13.5. The maximum atomic E-state index is 5.67. The molecule has 0 spiro atoms. The number of methoxy groups -OCH3 is 1. The summed E-state index contributed by atoms with van der Waals surface area (Å²) in [6.07, 6.45) is 2.48. The minimum atomic E-state index is 0.372. The summed E-state index contributed by atoms with van der Waals surface area (Å²) in [5, 5.41) is 7.75. The molecule has 0 aliphatic carbocycles. The molecule has 100 valence electrons. The summed E-state index contributed by atoms with van der Waals surface area (Å²) in [4.78, 5) is 0. The van der Waals surface area contributed by atoms with Gasteiger partial charge in [-0.2, -0.15) is 5.10 Å². The Morgan fingerprint density at radius 3 is 2.63 bits per heavy atom. The first-order valence-corrected chi connectivity index (χ1v) is 6.10. The third kappa shape index (κ3) is 3.74. The van der Waals surface area contributed by atoms with Gasteiger partial charge in [0.25, 0.3) is 0 Å². The summed E-state index contributed by atoms with van der Waals surface area (Å²) < 4.78 is 10.7. The summed E-state index contributed by atoms with van der Waals surface area (Å²) in [5.74, 6) is 1.17. The van der Waals surface area contributed by atoms with Crippen molar-refractivity contribution in [3.63, 3.8) is 0 Å². The monoisotopic (exact) mass is 259 g/mol. The van der Waals surface area contributed by atoms with Crippen LogP contribution >= 0.6 is 0 Å². The Hall–Kier alpha value is -1.98. The van der Waals surface area contributed by atoms with Gasteiger partial charge in [-0.05, 0) is 30.2 Å². The van der Waals surface area contributed by atoms with E-state index < -0.39 is 0 Å². The van der Waals surface area contributed by atoms with Crippen molar-refractivity contribution in [2.24, 2.45) is 5.73 Å². The fourth-order valence-electron chi connectivity index (χ4n) is 1.64. The van der Waals surface area contributed by atoms with Crippen LogP contribution in [0.1, 0.15) is 11.1 Å². The lowest BCUT2D eigenvalue weighted by atomic mass is 10.1. The van der Waals surface area contributed by atoms with Crippen molar-refractivity contribution in [3.8, 4) is 11.6 Å². The van der Waals surface area contributed by atoms with Crippen LogP contribution in [0, 0.1) is 0 Å². The van der Waals surface area contributed by atoms with E-state index in [1.54, 1.807) is 19.4 Å². The fourth-order valence-corrected chi connectivity index (χ4v) is 1.64. The standard InChI is InChI=1S/C14H17N3O2/c1-18-9-7-11-2-4-13(5-3-11)19-14-12(10-15)6-8-16-17-14/h2-6,8H,7,9-10,15H2,1H3. The molecule has 5 nitrogen and oxygen atoms in total. The predicted molar refractivity (Wildman–Crippen MR) is 72.0 cm³/mol. The molecule has 1 heterocycles. The zero-order valence-corrected chi connectivity index (χ0v) is 10.9. The van der Waals surface area contributed by atoms with Crippen molar-refractivity contribution < 1.29 is 9.47 Å². The second kappa shape index (κ2) is 6.82. The summed E-state index contributed by atoms with van der Waals surface area (Å²) in [7, 11) is 1.69. The van der Waals surface area contributed by atoms with Crippen molar-refractivity contribution in [1.29, 1.82) is 0 Å². The van der Waals surface area contributed by atoms with Crippen LogP contribution in [-0.2, 0) is 17.7 Å². The minimum Gasteiger partial charge on any atom is -0.437 e. The molecule has 5 heteroatoms. The normalized spacial score (nSPS) is 10.4. The van der Waals surface area contributed by atoms with Gasteiger partial charge in [0, 0.05) is 19.2 Å². The molecule has 0 atom stereocenters. The predicted octanol–water partition coefficient (Wildman–Crippen LogP) is 1.92. The van der Waals surface area contributed by atoms with E-state index in [4.69, 9.17) is 15.2 Å². The summed E-state index contributed by atoms with van der Waals surface area (Å²) >= 11 is 0. The van der Waals surface area contributed by atoms with E-state index in [0.717, 1.165) is 17.7 Å². The molecule has 1 aromatic heterocycles. The maximum Gasteiger partial charge on any atom is 0.243 e. The largest absolute Gasteiger partial charge is 0.437 e. The average Bonchev–Trinajstić information content (AvgIpc) is 2.47. The lowest BCUT2D eigenvalue weighted by Crippen LogP contribution is -2.02. The molecule has 0 unspecified atom stereocenters. The van der Waals surface area contributed by atoms with Crippen LogP contribution in [-0.4, -0.2) is 23.9 Å². The molecule has 1 aromatic carbocycles. The molecule has 0 saturated carbocycles. The number of rotatable bonds is 6. The number of hydrogen-bond donors (Lipinski definition) is 1. The third-order valence-corrected chi connectivity index (χ3v) is 2.72. The van der Waals surface area contributed by atoms with E-state index in [1.165, 1.54) is 5.56 Å². The van der Waals surface area contributed by atoms with Gasteiger partial charge in [-0.25, -0.2) is 0 Å². The van der Waals surface area contributed by atoms with Crippen LogP contribution in [0.4, 0.5) is 0 Å². The molecule has 2 N–H and O–H groups in total. The first-order valence-electron chi connectivity index (χ1n) is 6.10. The average molecular weight is 259 g/mol. The molecule has 0 fully saturated rings. The highest BCUT2D eigenvalue weighted by Gasteiger charge is 2.05. The van der Waals surface area contributed by atoms with Crippen molar-refractivity contribution >= 4 is 0 Å². The minimum absolute atomic E-state index is 0.372. The number of benzene rings is 1. The second-order valence-electron chi connectivity index (χ2n) is 4.05. The number of nitrogens with two attached hydrogens (primary N) is 1. The fraction of sp³-hybridized carbons (Fsp3) is 0.286. The molecule has 0 aliphatic heterocycles. The summed E-state index contributed by atoms with van der Waals surface area (Å²) in [6.45, 7) is 1.08. The lowest BCUT2D eigenvalue weighted by Gasteiger charge is -2.08. The first-order chi connectivity index (χ1) is 9.33. The van der Waals surface area contributed by atoms with Crippen molar-refractivity contribution in [1.82, 2.24) is 10.2 Å². The van der Waals surface area contributed by atoms with Gasteiger partial charge in [-0.3, -0.25) is 0 Å². The van der Waals surface area contributed by atoms with Gasteiger partial charge in [0.1, 0.15) is 5.75 Å². The van der Waals surface area contributed by atoms with E-state index >= 15 is 0 Å². The molecular weight excluding hydrogens is 242 g/mol. The van der Waals surface area contributed by atoms with Gasteiger partial charge in [0.15, 0.2) is 0 Å². The van der Waals surface area contributed by atoms with Crippen LogP contribution in [0.2, 0.25) is 0 Å². The summed E-state index contributed by atoms with van der Waals surface area (Å²) in [6, 6.07) is 9.62. The van der Waals surface area contributed by atoms with Crippen molar-refractivity contribution in [2.45, 2.75) is 13.0 Å². The van der Waals surface area contributed by atoms with Crippen molar-refractivity contribution in [3.05, 3.63) is 47.7 Å². The quantitative estimate of drug-likeness (QED) is 0.858. The van der Waals surface area contributed by atoms with Gasteiger partial charge in [0.2, 0.25) is 5.88 Å². The van der Waals surface area contributed by atoms with Crippen LogP contribution in [0.15, 0.2) is 36.5 Å². The molecule has 19 heavy (non-hydrogen) atoms. The molecule has 0 saturated heterocycles. The zero-order chi connectivity index (χ0) is 13.5. The number of ether oxygens (including phenoxy) is 2. The molecule has 0 amide bonds. The molecule has 0 bridgehead atoms. The number of aromatic nitrogens is 2. The van der Waals surface area contributed by atoms with Crippen LogP contribution < -0.4 is 10.5 Å². The highest BCUT2D eigenvalue weighted by Crippen LogP contribution is 2.22. The molecule has 0 radical (unpaired) electrons. The molecular formula is C14H17N3O2. The topological polar surface area (TPSA) is 70.3 Å². The highest BCUT2D eigenvalue weighted by molar-refractivity contribution is 5.33. The summed E-state index contributed by atoms with van der Waals surface area (Å²) in [5.41, 5.74) is 7.65. The molecule has 2 rings (SSSR count). The van der Waals surface area contributed by atoms with E-state index in [0.29, 0.717) is 19.0 Å². The lowest BCUT2D eigenvalue weighted by molar-refractivity contribution is 0.202. The van der Waals surface area contributed by atoms with Crippen LogP contribution in [0.25, 0.3) is 0 Å². The van der Waals surface area contributed by atoms with E-state index in [1.807, 2.05) is 24.3 Å². The zero-order valence-electron chi connectivity index (χ0n) is 10.9. The molecule has 0 aliphatic rings. The van der Waals surface area contributed by atoms with Gasteiger partial charge < -0.3 is 15.2 Å². The van der Waals surface area contributed by atoms with Crippen LogP contribution in [0.5, 0.6) is 11.6 Å². The Kier molecular flexibility index (Phi) is 4.83. The van der Waals surface area contributed by atoms with E-state index in [2.05, 4.69) is 10.2 Å². The van der Waals surface area contributed by atoms with Gasteiger partial charge >= 0.3 is 0 Å². The Bertz CT molecular complexity index is 514. The Morgan fingerprint density at radius 1 is 1.16 bits per heavy atom. The Morgan fingerprint density at radius 2 is 1.95 bits per heavy atom. The van der Waals surface area contributed by atoms with Gasteiger partial charge in [-0.15, -0.1) is 5.10 Å². The highest BCUT2D eigenvalue weighted by atomic mass is 16.5. The Labute approximate surface area is 112 Å². The Balaban J connectivity index is 2.06.